The van der Waals surface area contributed by atoms with Crippen LogP contribution in [-0.2, 0) is 20.4 Å². The molecule has 3 aromatic rings. The molecule has 3 unspecified atom stereocenters. The maximum absolute atomic E-state index is 14.9. The average Bonchev–Trinajstić information content (AvgIpc) is 2.94. The van der Waals surface area contributed by atoms with Gasteiger partial charge in [0.15, 0.2) is 11.2 Å². The molecule has 0 saturated heterocycles. The summed E-state index contributed by atoms with van der Waals surface area (Å²) in [5.41, 5.74) is -1.69. The molecule has 0 fully saturated rings. The first kappa shape index (κ1) is 29.3. The van der Waals surface area contributed by atoms with E-state index in [4.69, 9.17) is 32.7 Å². The van der Waals surface area contributed by atoms with Crippen LogP contribution >= 0.6 is 23.2 Å². The summed E-state index contributed by atoms with van der Waals surface area (Å²) in [6, 6.07) is 21.1. The molecule has 0 bridgehead atoms. The van der Waals surface area contributed by atoms with Crippen LogP contribution in [0.5, 0.6) is 11.5 Å². The van der Waals surface area contributed by atoms with Gasteiger partial charge in [-0.3, -0.25) is 9.59 Å². The largest absolute Gasteiger partial charge is 0.497 e. The number of rotatable bonds is 12. The summed E-state index contributed by atoms with van der Waals surface area (Å²) in [5.74, 6) is -0.735. The van der Waals surface area contributed by atoms with E-state index in [1.807, 2.05) is 43.3 Å². The summed E-state index contributed by atoms with van der Waals surface area (Å²) >= 11 is 13.9. The number of hydrogen-bond acceptors (Lipinski definition) is 4. The predicted molar refractivity (Wildman–Crippen MR) is 153 cm³/mol. The van der Waals surface area contributed by atoms with E-state index >= 15 is 0 Å². The van der Waals surface area contributed by atoms with Crippen LogP contribution in [0.4, 0.5) is 0 Å². The first-order valence-corrected chi connectivity index (χ1v) is 13.2. The number of carbonyl (C=O) groups excluding carboxylic acids is 1. The quantitative estimate of drug-likeness (QED) is 0.187. The Labute approximate surface area is 234 Å². The highest BCUT2D eigenvalue weighted by atomic mass is 35.5. The minimum absolute atomic E-state index is 0.00896. The van der Waals surface area contributed by atoms with Crippen molar-refractivity contribution in [1.29, 1.82) is 0 Å². The van der Waals surface area contributed by atoms with Crippen LogP contribution in [-0.4, -0.2) is 36.5 Å². The third-order valence-corrected chi connectivity index (χ3v) is 8.04. The van der Waals surface area contributed by atoms with E-state index in [1.54, 1.807) is 55.5 Å². The van der Waals surface area contributed by atoms with Gasteiger partial charge in [0.05, 0.1) is 25.0 Å². The van der Waals surface area contributed by atoms with E-state index in [0.29, 0.717) is 22.6 Å². The number of methoxy groups -OCH3 is 2. The summed E-state index contributed by atoms with van der Waals surface area (Å²) in [4.78, 5) is 27.9. The zero-order chi connectivity index (χ0) is 27.9. The van der Waals surface area contributed by atoms with E-state index in [9.17, 15) is 14.7 Å². The van der Waals surface area contributed by atoms with Gasteiger partial charge in [-0.15, -0.1) is 11.6 Å². The molecule has 1 N–H and O–H groups in total. The number of benzene rings is 3. The molecule has 0 heterocycles. The molecule has 7 heteroatoms. The molecule has 3 atom stereocenters. The normalized spacial score (nSPS) is 15.3. The van der Waals surface area contributed by atoms with Crippen molar-refractivity contribution in [3.8, 4) is 11.5 Å². The van der Waals surface area contributed by atoms with Gasteiger partial charge in [-0.1, -0.05) is 86.1 Å². The third kappa shape index (κ3) is 5.31. The molecule has 5 nitrogen and oxygen atoms in total. The first-order valence-electron chi connectivity index (χ1n) is 12.3. The van der Waals surface area contributed by atoms with Crippen LogP contribution in [0, 0.1) is 0 Å². The second-order valence-corrected chi connectivity index (χ2v) is 9.84. The minimum Gasteiger partial charge on any atom is -0.497 e. The summed E-state index contributed by atoms with van der Waals surface area (Å²) in [5, 5.41) is 10.0. The van der Waals surface area contributed by atoms with Crippen LogP contribution in [0.15, 0.2) is 78.9 Å². The van der Waals surface area contributed by atoms with E-state index in [1.165, 1.54) is 14.2 Å². The van der Waals surface area contributed by atoms with Crippen LogP contribution in [0.2, 0.25) is 5.02 Å². The number of aliphatic carboxylic acids is 1. The summed E-state index contributed by atoms with van der Waals surface area (Å²) < 4.78 is 10.6. The standard InChI is InChI=1S/C31H32Cl2O5/c1-5-30(29(35)36,22-13-15-23(37-3)16-14-22)28(34)31(6-2,25-18-17-24(38-4)20-26(25)32)27(33)19-12-21-10-8-7-9-11-21/h7-20,27H,5-6H2,1-4H3,(H,35,36)/b19-12+. The van der Waals surface area contributed by atoms with Crippen molar-refractivity contribution >= 4 is 41.0 Å². The SMILES string of the molecule is CCC(C(=O)O)(C(=O)C(CC)(c1ccc(OC)cc1Cl)C(Cl)/C=C/c1ccccc1)c1ccc(OC)cc1. The maximum Gasteiger partial charge on any atom is 0.321 e. The van der Waals surface area contributed by atoms with Crippen LogP contribution < -0.4 is 9.47 Å². The van der Waals surface area contributed by atoms with Crippen LogP contribution in [0.1, 0.15) is 43.4 Å². The molecule has 0 aliphatic rings. The number of carbonyl (C=O) groups is 2. The number of ether oxygens (including phenoxy) is 2. The highest BCUT2D eigenvalue weighted by molar-refractivity contribution is 6.33. The second kappa shape index (κ2) is 12.5. The zero-order valence-electron chi connectivity index (χ0n) is 21.9. The minimum atomic E-state index is -1.89. The Hall–Kier alpha value is -3.28. The molecular weight excluding hydrogens is 523 g/mol. The Morgan fingerprint density at radius 1 is 0.921 bits per heavy atom. The summed E-state index contributed by atoms with van der Waals surface area (Å²) in [7, 11) is 3.04. The molecule has 0 spiro atoms. The first-order chi connectivity index (χ1) is 18.2. The Bertz CT molecular complexity index is 1290. The molecule has 0 saturated carbocycles. The van der Waals surface area contributed by atoms with E-state index in [2.05, 4.69) is 0 Å². The van der Waals surface area contributed by atoms with Gasteiger partial charge in [0.1, 0.15) is 11.5 Å². The Morgan fingerprint density at radius 2 is 1.53 bits per heavy atom. The van der Waals surface area contributed by atoms with Gasteiger partial charge >= 0.3 is 5.97 Å². The Kier molecular flexibility index (Phi) is 9.64. The Balaban J connectivity index is 2.30. The van der Waals surface area contributed by atoms with Crippen LogP contribution in [0.3, 0.4) is 0 Å². The number of ketones is 1. The zero-order valence-corrected chi connectivity index (χ0v) is 23.4. The van der Waals surface area contributed by atoms with E-state index in [0.717, 1.165) is 5.56 Å². The lowest BCUT2D eigenvalue weighted by molar-refractivity contribution is -0.151. The lowest BCUT2D eigenvalue weighted by atomic mass is 9.60. The van der Waals surface area contributed by atoms with Crippen molar-refractivity contribution in [2.45, 2.75) is 42.9 Å². The fourth-order valence-corrected chi connectivity index (χ4v) is 5.76. The van der Waals surface area contributed by atoms with E-state index < -0.39 is 28.0 Å². The number of Topliss-reactive ketones (excluding diaryl/α,β-unsaturated/α-hetero) is 1. The molecule has 3 rings (SSSR count). The summed E-state index contributed by atoms with van der Waals surface area (Å²) in [6.07, 6.45) is 3.77. The molecule has 38 heavy (non-hydrogen) atoms. The van der Waals surface area contributed by atoms with Gasteiger partial charge < -0.3 is 14.6 Å². The topological polar surface area (TPSA) is 72.8 Å². The van der Waals surface area contributed by atoms with Gasteiger partial charge in [0.2, 0.25) is 0 Å². The number of carboxylic acids is 1. The molecule has 0 aliphatic heterocycles. The molecule has 0 amide bonds. The van der Waals surface area contributed by atoms with Crippen LogP contribution in [0.25, 0.3) is 6.08 Å². The van der Waals surface area contributed by atoms with Crippen molar-refractivity contribution in [2.24, 2.45) is 0 Å². The highest BCUT2D eigenvalue weighted by Gasteiger charge is 2.57. The fourth-order valence-electron chi connectivity index (χ4n) is 4.97. The van der Waals surface area contributed by atoms with Gasteiger partial charge in [-0.05, 0) is 53.8 Å². The molecular formula is C31H32Cl2O5. The van der Waals surface area contributed by atoms with Gasteiger partial charge in [-0.25, -0.2) is 0 Å². The number of allylic oxidation sites excluding steroid dienone is 1. The van der Waals surface area contributed by atoms with Crippen molar-refractivity contribution in [3.63, 3.8) is 0 Å². The van der Waals surface area contributed by atoms with Gasteiger partial charge in [0, 0.05) is 5.02 Å². The smallest absolute Gasteiger partial charge is 0.321 e. The van der Waals surface area contributed by atoms with Gasteiger partial charge in [-0.2, -0.15) is 0 Å². The molecule has 0 radical (unpaired) electrons. The summed E-state index contributed by atoms with van der Waals surface area (Å²) in [6.45, 7) is 3.51. The highest BCUT2D eigenvalue weighted by Crippen LogP contribution is 2.48. The Morgan fingerprint density at radius 3 is 2.03 bits per heavy atom. The van der Waals surface area contributed by atoms with Crippen molar-refractivity contribution in [2.75, 3.05) is 14.2 Å². The molecule has 3 aromatic carbocycles. The second-order valence-electron chi connectivity index (χ2n) is 8.96. The van der Waals surface area contributed by atoms with Crippen molar-refractivity contribution in [3.05, 3.63) is 101 Å². The van der Waals surface area contributed by atoms with Crippen molar-refractivity contribution in [1.82, 2.24) is 0 Å². The van der Waals surface area contributed by atoms with Gasteiger partial charge in [0.25, 0.3) is 0 Å². The third-order valence-electron chi connectivity index (χ3n) is 7.21. The number of carboxylic acid groups (broad SMARTS) is 1. The monoisotopic (exact) mass is 554 g/mol. The lowest BCUT2D eigenvalue weighted by Crippen LogP contribution is -2.56. The predicted octanol–water partition coefficient (Wildman–Crippen LogP) is 7.33. The number of alkyl halides is 1. The fraction of sp³-hybridized carbons (Fsp3) is 0.290. The van der Waals surface area contributed by atoms with E-state index in [-0.39, 0.29) is 17.9 Å². The molecule has 0 aliphatic carbocycles. The molecule has 200 valence electrons. The number of halogens is 2. The average molecular weight is 555 g/mol. The van der Waals surface area contributed by atoms with Crippen molar-refractivity contribution < 1.29 is 24.2 Å². The maximum atomic E-state index is 14.9. The lowest BCUT2D eigenvalue weighted by Gasteiger charge is -2.42. The molecule has 0 aromatic heterocycles. The number of hydrogen-bond donors (Lipinski definition) is 1.